The number of nitrogens with zero attached hydrogens (tertiary/aromatic N) is 1. The molecule has 2 rings (SSSR count). The van der Waals surface area contributed by atoms with Crippen molar-refractivity contribution in [2.45, 2.75) is 32.2 Å². The van der Waals surface area contributed by atoms with Gasteiger partial charge in [-0.1, -0.05) is 31.5 Å². The van der Waals surface area contributed by atoms with E-state index < -0.39 is 5.54 Å². The van der Waals surface area contributed by atoms with Crippen LogP contribution in [0.1, 0.15) is 32.6 Å². The summed E-state index contributed by atoms with van der Waals surface area (Å²) in [5.41, 5.74) is 7.12. The normalized spacial score (nSPS) is 12.2. The van der Waals surface area contributed by atoms with E-state index in [0.717, 1.165) is 18.4 Å². The second-order valence-electron chi connectivity index (χ2n) is 3.97. The summed E-state index contributed by atoms with van der Waals surface area (Å²) < 4.78 is 5.68. The first-order valence-electron chi connectivity index (χ1n) is 5.45. The molecular formula is C12H15ClN2O. The number of rotatable bonds is 3. The van der Waals surface area contributed by atoms with Gasteiger partial charge in [0.25, 0.3) is 0 Å². The highest BCUT2D eigenvalue weighted by Crippen LogP contribution is 2.31. The van der Waals surface area contributed by atoms with E-state index in [1.807, 2.05) is 26.0 Å². The van der Waals surface area contributed by atoms with E-state index in [9.17, 15) is 0 Å². The van der Waals surface area contributed by atoms with Gasteiger partial charge in [-0.15, -0.1) is 0 Å². The minimum absolute atomic E-state index is 0.498. The van der Waals surface area contributed by atoms with Crippen molar-refractivity contribution in [2.24, 2.45) is 5.73 Å². The first-order chi connectivity index (χ1) is 7.60. The van der Waals surface area contributed by atoms with Crippen LogP contribution in [-0.4, -0.2) is 4.98 Å². The van der Waals surface area contributed by atoms with E-state index in [-0.39, 0.29) is 0 Å². The van der Waals surface area contributed by atoms with Gasteiger partial charge in [-0.05, 0) is 25.0 Å². The molecule has 0 saturated carbocycles. The lowest BCUT2D eigenvalue weighted by Crippen LogP contribution is -2.35. The van der Waals surface area contributed by atoms with Gasteiger partial charge in [-0.2, -0.15) is 0 Å². The summed E-state index contributed by atoms with van der Waals surface area (Å²) in [4.78, 5) is 4.41. The zero-order valence-corrected chi connectivity index (χ0v) is 10.2. The van der Waals surface area contributed by atoms with Gasteiger partial charge in [0, 0.05) is 0 Å². The molecule has 0 bridgehead atoms. The van der Waals surface area contributed by atoms with Gasteiger partial charge in [-0.25, -0.2) is 4.98 Å². The lowest BCUT2D eigenvalue weighted by atomic mass is 9.94. The molecule has 0 atom stereocenters. The van der Waals surface area contributed by atoms with E-state index in [4.69, 9.17) is 21.8 Å². The molecule has 0 saturated heterocycles. The van der Waals surface area contributed by atoms with Crippen LogP contribution >= 0.6 is 11.6 Å². The van der Waals surface area contributed by atoms with Crippen LogP contribution in [0.2, 0.25) is 5.02 Å². The molecule has 1 aromatic carbocycles. The Kier molecular flexibility index (Phi) is 2.91. The Morgan fingerprint density at radius 2 is 2.06 bits per heavy atom. The molecule has 4 heteroatoms. The van der Waals surface area contributed by atoms with Gasteiger partial charge in [0.2, 0.25) is 5.89 Å². The van der Waals surface area contributed by atoms with Crippen LogP contribution in [0.3, 0.4) is 0 Å². The predicted molar refractivity (Wildman–Crippen MR) is 65.5 cm³/mol. The molecule has 0 aliphatic carbocycles. The van der Waals surface area contributed by atoms with Gasteiger partial charge in [-0.3, -0.25) is 0 Å². The number of halogens is 1. The highest BCUT2D eigenvalue weighted by atomic mass is 35.5. The van der Waals surface area contributed by atoms with Crippen LogP contribution < -0.4 is 5.73 Å². The largest absolute Gasteiger partial charge is 0.437 e. The molecule has 0 aliphatic heterocycles. The van der Waals surface area contributed by atoms with E-state index in [1.54, 1.807) is 6.07 Å². The maximum Gasteiger partial charge on any atom is 0.215 e. The number of nitrogens with two attached hydrogens (primary N) is 1. The zero-order chi connectivity index (χ0) is 11.8. The second kappa shape index (κ2) is 4.07. The summed E-state index contributed by atoms with van der Waals surface area (Å²) in [6.45, 7) is 4.06. The van der Waals surface area contributed by atoms with Crippen LogP contribution in [0.4, 0.5) is 0 Å². The van der Waals surface area contributed by atoms with Crippen molar-refractivity contribution in [3.05, 3.63) is 29.1 Å². The number of oxazole rings is 1. The van der Waals surface area contributed by atoms with Gasteiger partial charge in [0.1, 0.15) is 5.52 Å². The summed E-state index contributed by atoms with van der Waals surface area (Å²) >= 11 is 6.03. The van der Waals surface area contributed by atoms with E-state index in [0.29, 0.717) is 16.5 Å². The minimum Gasteiger partial charge on any atom is -0.437 e. The molecule has 3 nitrogen and oxygen atoms in total. The maximum atomic E-state index is 6.23. The second-order valence-corrected chi connectivity index (χ2v) is 4.38. The number of aromatic nitrogens is 1. The Morgan fingerprint density at radius 1 is 1.38 bits per heavy atom. The molecule has 86 valence electrons. The molecule has 0 fully saturated rings. The van der Waals surface area contributed by atoms with Crippen molar-refractivity contribution in [1.29, 1.82) is 0 Å². The molecule has 0 amide bonds. The van der Waals surface area contributed by atoms with Crippen LogP contribution in [0.25, 0.3) is 11.1 Å². The van der Waals surface area contributed by atoms with Crippen molar-refractivity contribution < 1.29 is 4.42 Å². The number of hydrogen-bond donors (Lipinski definition) is 1. The Hall–Kier alpha value is -1.06. The van der Waals surface area contributed by atoms with Crippen molar-refractivity contribution in [3.8, 4) is 0 Å². The fourth-order valence-corrected chi connectivity index (χ4v) is 1.89. The fraction of sp³-hybridized carbons (Fsp3) is 0.417. The number of benzene rings is 1. The van der Waals surface area contributed by atoms with Crippen molar-refractivity contribution in [3.63, 3.8) is 0 Å². The van der Waals surface area contributed by atoms with Gasteiger partial charge >= 0.3 is 0 Å². The zero-order valence-electron chi connectivity index (χ0n) is 9.46. The predicted octanol–water partition coefficient (Wildman–Crippen LogP) is 3.46. The Bertz CT molecular complexity index is 503. The molecule has 0 unspecified atom stereocenters. The molecule has 0 aliphatic rings. The van der Waals surface area contributed by atoms with Crippen LogP contribution in [0.15, 0.2) is 22.6 Å². The van der Waals surface area contributed by atoms with E-state index >= 15 is 0 Å². The highest BCUT2D eigenvalue weighted by Gasteiger charge is 2.29. The summed E-state index contributed by atoms with van der Waals surface area (Å²) in [6.07, 6.45) is 1.57. The Morgan fingerprint density at radius 3 is 2.62 bits per heavy atom. The maximum absolute atomic E-state index is 6.23. The SMILES string of the molecule is CCC(N)(CC)c1nc2cccc(Cl)c2o1. The van der Waals surface area contributed by atoms with Crippen molar-refractivity contribution >= 4 is 22.7 Å². The molecular weight excluding hydrogens is 224 g/mol. The van der Waals surface area contributed by atoms with Crippen LogP contribution in [-0.2, 0) is 5.54 Å². The third-order valence-electron chi connectivity index (χ3n) is 3.05. The number of hydrogen-bond acceptors (Lipinski definition) is 3. The third-order valence-corrected chi connectivity index (χ3v) is 3.35. The average Bonchev–Trinajstić information content (AvgIpc) is 2.74. The standard InChI is InChI=1S/C12H15ClN2O/c1-3-12(14,4-2)11-15-9-7-5-6-8(13)10(9)16-11/h5-7H,3-4,14H2,1-2H3. The van der Waals surface area contributed by atoms with Gasteiger partial charge in [0.15, 0.2) is 5.58 Å². The van der Waals surface area contributed by atoms with Crippen molar-refractivity contribution in [2.75, 3.05) is 0 Å². The highest BCUT2D eigenvalue weighted by molar-refractivity contribution is 6.34. The molecule has 1 aromatic heterocycles. The minimum atomic E-state index is -0.498. The summed E-state index contributed by atoms with van der Waals surface area (Å²) in [7, 11) is 0. The quantitative estimate of drug-likeness (QED) is 0.891. The Balaban J connectivity index is 2.59. The molecule has 0 radical (unpaired) electrons. The topological polar surface area (TPSA) is 52.0 Å². The summed E-state index contributed by atoms with van der Waals surface area (Å²) in [5, 5.41) is 0.575. The van der Waals surface area contributed by atoms with Gasteiger partial charge in [0.05, 0.1) is 10.6 Å². The summed E-state index contributed by atoms with van der Waals surface area (Å²) in [6, 6.07) is 5.52. The molecule has 1 heterocycles. The summed E-state index contributed by atoms with van der Waals surface area (Å²) in [5.74, 6) is 0.570. The first-order valence-corrected chi connectivity index (χ1v) is 5.83. The van der Waals surface area contributed by atoms with Crippen LogP contribution in [0.5, 0.6) is 0 Å². The van der Waals surface area contributed by atoms with Gasteiger partial charge < -0.3 is 10.2 Å². The van der Waals surface area contributed by atoms with E-state index in [1.165, 1.54) is 0 Å². The van der Waals surface area contributed by atoms with Crippen molar-refractivity contribution in [1.82, 2.24) is 4.98 Å². The lowest BCUT2D eigenvalue weighted by Gasteiger charge is -2.21. The van der Waals surface area contributed by atoms with E-state index in [2.05, 4.69) is 4.98 Å². The number of fused-ring (bicyclic) bond motifs is 1. The molecule has 2 aromatic rings. The molecule has 2 N–H and O–H groups in total. The lowest BCUT2D eigenvalue weighted by molar-refractivity contribution is 0.318. The smallest absolute Gasteiger partial charge is 0.215 e. The molecule has 0 spiro atoms. The third kappa shape index (κ3) is 1.70. The monoisotopic (exact) mass is 238 g/mol. The van der Waals surface area contributed by atoms with Crippen LogP contribution in [0, 0.1) is 0 Å². The average molecular weight is 239 g/mol. The molecule has 16 heavy (non-hydrogen) atoms. The number of para-hydroxylation sites is 1. The Labute approximate surface area is 99.6 Å². The fourth-order valence-electron chi connectivity index (χ4n) is 1.68. The first kappa shape index (κ1) is 11.4.